The normalized spacial score (nSPS) is 13.1. The van der Waals surface area contributed by atoms with E-state index in [0.29, 0.717) is 0 Å². The molecule has 1 N–H and O–H groups in total. The van der Waals surface area contributed by atoms with Crippen LogP contribution in [0.5, 0.6) is 0 Å². The van der Waals surface area contributed by atoms with Crippen molar-refractivity contribution in [2.45, 2.75) is 38.5 Å². The monoisotopic (exact) mass is 489 g/mol. The predicted molar refractivity (Wildman–Crippen MR) is 141 cm³/mol. The molecule has 6 nitrogen and oxygen atoms in total. The zero-order chi connectivity index (χ0) is 23.5. The van der Waals surface area contributed by atoms with Crippen molar-refractivity contribution in [1.82, 2.24) is 14.8 Å². The van der Waals surface area contributed by atoms with Gasteiger partial charge in [0, 0.05) is 30.1 Å². The maximum Gasteiger partial charge on any atom is 0.234 e. The fourth-order valence-corrected chi connectivity index (χ4v) is 6.02. The summed E-state index contributed by atoms with van der Waals surface area (Å²) in [4.78, 5) is 16.7. The molecule has 0 spiro atoms. The Labute approximate surface area is 208 Å². The lowest BCUT2D eigenvalue weighted by Gasteiger charge is -2.30. The third-order valence-electron chi connectivity index (χ3n) is 6.08. The summed E-state index contributed by atoms with van der Waals surface area (Å²) in [6.07, 6.45) is 1.04. The van der Waals surface area contributed by atoms with Crippen molar-refractivity contribution in [2.75, 3.05) is 22.5 Å². The van der Waals surface area contributed by atoms with Gasteiger partial charge in [-0.3, -0.25) is 4.79 Å². The Morgan fingerprint density at radius 2 is 1.94 bits per heavy atom. The smallest absolute Gasteiger partial charge is 0.234 e. The van der Waals surface area contributed by atoms with Crippen LogP contribution >= 0.6 is 23.1 Å². The number of amides is 1. The van der Waals surface area contributed by atoms with E-state index in [1.165, 1.54) is 22.2 Å². The van der Waals surface area contributed by atoms with Gasteiger partial charge in [0.25, 0.3) is 0 Å². The van der Waals surface area contributed by atoms with Gasteiger partial charge in [0.15, 0.2) is 11.0 Å². The van der Waals surface area contributed by atoms with Crippen LogP contribution in [-0.2, 0) is 24.3 Å². The van der Waals surface area contributed by atoms with Crippen LogP contribution in [-0.4, -0.2) is 33.0 Å². The SMILES string of the molecule is CCn1c(SCC(=O)Nc2ccccc2N2CCc3sccc3C2)nnc1-c1ccccc1C. The molecule has 8 heteroatoms. The number of thiophene rings is 1. The summed E-state index contributed by atoms with van der Waals surface area (Å²) in [5.74, 6) is 1.06. The van der Waals surface area contributed by atoms with Gasteiger partial charge in [-0.05, 0) is 55.0 Å². The van der Waals surface area contributed by atoms with Gasteiger partial charge in [-0.2, -0.15) is 0 Å². The van der Waals surface area contributed by atoms with Gasteiger partial charge in [-0.15, -0.1) is 21.5 Å². The molecule has 34 heavy (non-hydrogen) atoms. The second-order valence-electron chi connectivity index (χ2n) is 8.26. The topological polar surface area (TPSA) is 63.1 Å². The second-order valence-corrected chi connectivity index (χ2v) is 10.2. The molecule has 0 atom stereocenters. The average molecular weight is 490 g/mol. The number of fused-ring (bicyclic) bond motifs is 1. The third kappa shape index (κ3) is 4.60. The Hall–Kier alpha value is -3.10. The molecule has 1 aliphatic heterocycles. The van der Waals surface area contributed by atoms with Crippen LogP contribution in [0, 0.1) is 6.92 Å². The first-order chi connectivity index (χ1) is 16.6. The predicted octanol–water partition coefficient (Wildman–Crippen LogP) is 5.63. The Balaban J connectivity index is 1.27. The van der Waals surface area contributed by atoms with Crippen LogP contribution in [0.25, 0.3) is 11.4 Å². The van der Waals surface area contributed by atoms with Gasteiger partial charge in [-0.25, -0.2) is 0 Å². The third-order valence-corrected chi connectivity index (χ3v) is 8.07. The number of carbonyl (C=O) groups excluding carboxylic acids is 1. The highest BCUT2D eigenvalue weighted by Gasteiger charge is 2.21. The molecule has 5 rings (SSSR count). The largest absolute Gasteiger partial charge is 0.365 e. The van der Waals surface area contributed by atoms with E-state index in [0.717, 1.165) is 59.5 Å². The number of hydrogen-bond acceptors (Lipinski definition) is 6. The van der Waals surface area contributed by atoms with Gasteiger partial charge >= 0.3 is 0 Å². The van der Waals surface area contributed by atoms with Crippen LogP contribution < -0.4 is 10.2 Å². The first-order valence-electron chi connectivity index (χ1n) is 11.4. The number of benzene rings is 2. The zero-order valence-corrected chi connectivity index (χ0v) is 21.0. The Morgan fingerprint density at radius 1 is 1.12 bits per heavy atom. The van der Waals surface area contributed by atoms with Crippen LogP contribution in [0.2, 0.25) is 0 Å². The van der Waals surface area contributed by atoms with Crippen LogP contribution in [0.4, 0.5) is 11.4 Å². The minimum Gasteiger partial charge on any atom is -0.365 e. The summed E-state index contributed by atoms with van der Waals surface area (Å²) in [6.45, 7) is 6.72. The number of thioether (sulfide) groups is 1. The Bertz CT molecular complexity index is 1310. The van der Waals surface area contributed by atoms with Crippen molar-refractivity contribution >= 4 is 40.4 Å². The number of anilines is 2. The molecule has 0 unspecified atom stereocenters. The molecule has 0 fully saturated rings. The first kappa shape index (κ1) is 22.7. The molecule has 1 aliphatic rings. The van der Waals surface area contributed by atoms with E-state index < -0.39 is 0 Å². The van der Waals surface area contributed by atoms with Crippen LogP contribution in [0.3, 0.4) is 0 Å². The summed E-state index contributed by atoms with van der Waals surface area (Å²) in [5.41, 5.74) is 5.53. The summed E-state index contributed by atoms with van der Waals surface area (Å²) < 4.78 is 2.07. The molecule has 4 aromatic rings. The summed E-state index contributed by atoms with van der Waals surface area (Å²) in [7, 11) is 0. The van der Waals surface area contributed by atoms with Crippen LogP contribution in [0.1, 0.15) is 22.9 Å². The molecule has 0 bridgehead atoms. The molecular weight excluding hydrogens is 462 g/mol. The van der Waals surface area contributed by atoms with E-state index in [4.69, 9.17) is 0 Å². The number of rotatable bonds is 7. The minimum absolute atomic E-state index is 0.0474. The Kier molecular flexibility index (Phi) is 6.69. The minimum atomic E-state index is -0.0474. The molecule has 3 heterocycles. The highest BCUT2D eigenvalue weighted by Crippen LogP contribution is 2.33. The zero-order valence-electron chi connectivity index (χ0n) is 19.3. The number of aryl methyl sites for hydroxylation is 1. The van der Waals surface area contributed by atoms with E-state index in [1.807, 2.05) is 41.7 Å². The van der Waals surface area contributed by atoms with Crippen molar-refractivity contribution < 1.29 is 4.79 Å². The van der Waals surface area contributed by atoms with Crippen molar-refractivity contribution in [3.05, 3.63) is 76.0 Å². The maximum atomic E-state index is 12.9. The first-order valence-corrected chi connectivity index (χ1v) is 13.3. The lowest BCUT2D eigenvalue weighted by molar-refractivity contribution is -0.113. The quantitative estimate of drug-likeness (QED) is 0.341. The number of hydrogen-bond donors (Lipinski definition) is 1. The lowest BCUT2D eigenvalue weighted by atomic mass is 10.1. The molecule has 2 aromatic heterocycles. The van der Waals surface area contributed by atoms with Crippen molar-refractivity contribution in [1.29, 1.82) is 0 Å². The average Bonchev–Trinajstić information content (AvgIpc) is 3.49. The molecular formula is C26H27N5OS2. The number of nitrogens with zero attached hydrogens (tertiary/aromatic N) is 4. The van der Waals surface area contributed by atoms with Crippen molar-refractivity contribution in [3.63, 3.8) is 0 Å². The molecule has 0 radical (unpaired) electrons. The Morgan fingerprint density at radius 3 is 2.79 bits per heavy atom. The molecule has 0 saturated heterocycles. The van der Waals surface area contributed by atoms with Gasteiger partial charge in [-0.1, -0.05) is 48.2 Å². The fraction of sp³-hybridized carbons (Fsp3) is 0.269. The molecule has 0 aliphatic carbocycles. The lowest BCUT2D eigenvalue weighted by Crippen LogP contribution is -2.30. The number of nitrogens with one attached hydrogen (secondary N) is 1. The maximum absolute atomic E-state index is 12.9. The highest BCUT2D eigenvalue weighted by atomic mass is 32.2. The van der Waals surface area contributed by atoms with Crippen molar-refractivity contribution in [3.8, 4) is 11.4 Å². The number of para-hydroxylation sites is 2. The standard InChI is InChI=1S/C26H27N5OS2/c1-3-31-25(20-9-5-4-8-18(20)2)28-29-26(31)34-17-24(32)27-21-10-6-7-11-22(21)30-14-12-23-19(16-30)13-15-33-23/h4-11,13,15H,3,12,14,16-17H2,1-2H3,(H,27,32). The van der Waals surface area contributed by atoms with Gasteiger partial charge < -0.3 is 14.8 Å². The van der Waals surface area contributed by atoms with E-state index >= 15 is 0 Å². The van der Waals surface area contributed by atoms with Crippen LogP contribution in [0.15, 0.2) is 65.1 Å². The van der Waals surface area contributed by atoms with E-state index in [-0.39, 0.29) is 11.7 Å². The molecule has 174 valence electrons. The van der Waals surface area contributed by atoms with Gasteiger partial charge in [0.1, 0.15) is 0 Å². The van der Waals surface area contributed by atoms with Crippen molar-refractivity contribution in [2.24, 2.45) is 0 Å². The number of carbonyl (C=O) groups is 1. The molecule has 0 saturated carbocycles. The van der Waals surface area contributed by atoms with E-state index in [1.54, 1.807) is 0 Å². The second kappa shape index (κ2) is 10.0. The summed E-state index contributed by atoms with van der Waals surface area (Å²) in [5, 5.41) is 14.8. The highest BCUT2D eigenvalue weighted by molar-refractivity contribution is 7.99. The molecule has 1 amide bonds. The van der Waals surface area contributed by atoms with E-state index in [9.17, 15) is 4.79 Å². The molecule has 2 aromatic carbocycles. The van der Waals surface area contributed by atoms with Gasteiger partial charge in [0.2, 0.25) is 5.91 Å². The number of aromatic nitrogens is 3. The van der Waals surface area contributed by atoms with E-state index in [2.05, 4.69) is 68.5 Å². The fourth-order valence-electron chi connectivity index (χ4n) is 4.33. The summed E-state index contributed by atoms with van der Waals surface area (Å²) in [6, 6.07) is 18.4. The summed E-state index contributed by atoms with van der Waals surface area (Å²) >= 11 is 3.25. The van der Waals surface area contributed by atoms with Gasteiger partial charge in [0.05, 0.1) is 17.1 Å².